The van der Waals surface area contributed by atoms with Crippen molar-refractivity contribution in [3.05, 3.63) is 35.5 Å². The van der Waals surface area contributed by atoms with Crippen molar-refractivity contribution in [3.8, 4) is 0 Å². The average molecular weight is 340 g/mol. The second-order valence-electron chi connectivity index (χ2n) is 7.58. The van der Waals surface area contributed by atoms with Crippen molar-refractivity contribution in [2.24, 2.45) is 0 Å². The number of carbonyl (C=O) groups excluding carboxylic acids is 1. The summed E-state index contributed by atoms with van der Waals surface area (Å²) in [6.45, 7) is 4.57. The van der Waals surface area contributed by atoms with Crippen molar-refractivity contribution in [2.75, 3.05) is 26.7 Å². The number of likely N-dealkylation sites (N-methyl/N-ethyl adjacent to an activating group) is 1. The highest BCUT2D eigenvalue weighted by Crippen LogP contribution is 2.28. The summed E-state index contributed by atoms with van der Waals surface area (Å²) in [5.41, 5.74) is 3.74. The second kappa shape index (κ2) is 6.71. The Balaban J connectivity index is 1.34. The number of hydrogen-bond acceptors (Lipinski definition) is 2. The molecule has 0 radical (unpaired) electrons. The van der Waals surface area contributed by atoms with Crippen molar-refractivity contribution in [1.82, 2.24) is 20.1 Å². The SMILES string of the molecule is Cc1cccc2[nH]cc(CCNC(=O)N3CC[C@H]4CC[C@@H](C3)N4C)c12. The van der Waals surface area contributed by atoms with Crippen LogP contribution in [0.4, 0.5) is 4.79 Å². The zero-order chi connectivity index (χ0) is 17.4. The first-order valence-corrected chi connectivity index (χ1v) is 9.44. The summed E-state index contributed by atoms with van der Waals surface area (Å²) in [6, 6.07) is 7.61. The summed E-state index contributed by atoms with van der Waals surface area (Å²) < 4.78 is 0. The lowest BCUT2D eigenvalue weighted by Crippen LogP contribution is -2.45. The molecule has 2 aliphatic heterocycles. The number of aryl methyl sites for hydroxylation is 1. The van der Waals surface area contributed by atoms with Gasteiger partial charge in [-0.15, -0.1) is 0 Å². The lowest BCUT2D eigenvalue weighted by Gasteiger charge is -2.26. The molecule has 2 N–H and O–H groups in total. The minimum atomic E-state index is 0.0949. The topological polar surface area (TPSA) is 51.4 Å². The Morgan fingerprint density at radius 3 is 3.00 bits per heavy atom. The molecule has 25 heavy (non-hydrogen) atoms. The number of urea groups is 1. The van der Waals surface area contributed by atoms with Crippen LogP contribution in [-0.2, 0) is 6.42 Å². The first-order valence-electron chi connectivity index (χ1n) is 9.44. The van der Waals surface area contributed by atoms with E-state index in [1.807, 2.05) is 4.90 Å². The number of aromatic amines is 1. The van der Waals surface area contributed by atoms with Gasteiger partial charge in [-0.2, -0.15) is 0 Å². The maximum absolute atomic E-state index is 12.6. The molecule has 0 aliphatic carbocycles. The van der Waals surface area contributed by atoms with Gasteiger partial charge in [0.15, 0.2) is 0 Å². The fraction of sp³-hybridized carbons (Fsp3) is 0.550. The highest BCUT2D eigenvalue weighted by Gasteiger charge is 2.35. The number of aromatic nitrogens is 1. The van der Waals surface area contributed by atoms with Gasteiger partial charge in [-0.25, -0.2) is 4.79 Å². The number of amides is 2. The summed E-state index contributed by atoms with van der Waals surface area (Å²) in [7, 11) is 2.21. The minimum Gasteiger partial charge on any atom is -0.361 e. The molecule has 1 aromatic carbocycles. The Bertz CT molecular complexity index is 768. The van der Waals surface area contributed by atoms with Gasteiger partial charge in [0.05, 0.1) is 0 Å². The predicted octanol–water partition coefficient (Wildman–Crippen LogP) is 2.90. The third-order valence-electron chi connectivity index (χ3n) is 6.10. The van der Waals surface area contributed by atoms with E-state index in [-0.39, 0.29) is 6.03 Å². The van der Waals surface area contributed by atoms with Crippen LogP contribution in [0, 0.1) is 6.92 Å². The van der Waals surface area contributed by atoms with Gasteiger partial charge in [0, 0.05) is 48.8 Å². The Morgan fingerprint density at radius 1 is 1.28 bits per heavy atom. The molecule has 2 aromatic rings. The molecule has 5 nitrogen and oxygen atoms in total. The number of fused-ring (bicyclic) bond motifs is 3. The van der Waals surface area contributed by atoms with Crippen LogP contribution in [0.25, 0.3) is 10.9 Å². The third-order valence-corrected chi connectivity index (χ3v) is 6.10. The van der Waals surface area contributed by atoms with E-state index in [0.717, 1.165) is 25.9 Å². The van der Waals surface area contributed by atoms with Crippen molar-refractivity contribution >= 4 is 16.9 Å². The van der Waals surface area contributed by atoms with E-state index in [1.54, 1.807) is 0 Å². The molecule has 2 aliphatic rings. The molecule has 5 heteroatoms. The van der Waals surface area contributed by atoms with Gasteiger partial charge >= 0.3 is 6.03 Å². The van der Waals surface area contributed by atoms with Crippen LogP contribution < -0.4 is 5.32 Å². The van der Waals surface area contributed by atoms with Crippen molar-refractivity contribution < 1.29 is 4.79 Å². The van der Waals surface area contributed by atoms with E-state index in [4.69, 9.17) is 0 Å². The van der Waals surface area contributed by atoms with Gasteiger partial charge < -0.3 is 15.2 Å². The van der Waals surface area contributed by atoms with Crippen LogP contribution in [-0.4, -0.2) is 59.6 Å². The van der Waals surface area contributed by atoms with Gasteiger partial charge in [-0.1, -0.05) is 12.1 Å². The maximum Gasteiger partial charge on any atom is 0.317 e. The Morgan fingerprint density at radius 2 is 2.12 bits per heavy atom. The summed E-state index contributed by atoms with van der Waals surface area (Å²) in [5, 5.41) is 4.43. The molecule has 2 amide bonds. The van der Waals surface area contributed by atoms with Gasteiger partial charge in [0.25, 0.3) is 0 Å². The summed E-state index contributed by atoms with van der Waals surface area (Å²) in [5.74, 6) is 0. The third kappa shape index (κ3) is 3.13. The number of carbonyl (C=O) groups is 1. The number of hydrogen-bond donors (Lipinski definition) is 2. The summed E-state index contributed by atoms with van der Waals surface area (Å²) in [4.78, 5) is 20.4. The van der Waals surface area contributed by atoms with Crippen LogP contribution >= 0.6 is 0 Å². The van der Waals surface area contributed by atoms with E-state index < -0.39 is 0 Å². The van der Waals surface area contributed by atoms with Crippen LogP contribution in [0.5, 0.6) is 0 Å². The van der Waals surface area contributed by atoms with E-state index in [1.165, 1.54) is 34.9 Å². The summed E-state index contributed by atoms with van der Waals surface area (Å²) in [6.07, 6.45) is 6.54. The summed E-state index contributed by atoms with van der Waals surface area (Å²) >= 11 is 0. The molecular formula is C20H28N4O. The molecule has 2 saturated heterocycles. The normalized spacial score (nSPS) is 23.8. The van der Waals surface area contributed by atoms with E-state index in [9.17, 15) is 4.79 Å². The van der Waals surface area contributed by atoms with E-state index in [0.29, 0.717) is 18.6 Å². The van der Waals surface area contributed by atoms with Crippen LogP contribution in [0.1, 0.15) is 30.4 Å². The standard InChI is InChI=1S/C20H28N4O/c1-14-4-3-5-18-19(14)15(12-22-18)8-10-21-20(25)24-11-9-16-6-7-17(13-24)23(16)2/h3-5,12,16-17,22H,6-11,13H2,1-2H3,(H,21,25)/t16-,17+/m1/s1. The maximum atomic E-state index is 12.6. The molecule has 4 rings (SSSR count). The van der Waals surface area contributed by atoms with Gasteiger partial charge in [0.1, 0.15) is 0 Å². The monoisotopic (exact) mass is 340 g/mol. The Labute approximate surface area is 149 Å². The number of nitrogens with zero attached hydrogens (tertiary/aromatic N) is 2. The highest BCUT2D eigenvalue weighted by atomic mass is 16.2. The first-order chi connectivity index (χ1) is 12.1. The zero-order valence-electron chi connectivity index (χ0n) is 15.2. The molecule has 2 atom stereocenters. The molecule has 1 aromatic heterocycles. The second-order valence-corrected chi connectivity index (χ2v) is 7.58. The fourth-order valence-electron chi connectivity index (χ4n) is 4.56. The van der Waals surface area contributed by atoms with Crippen molar-refractivity contribution in [2.45, 2.75) is 44.7 Å². The number of nitrogens with one attached hydrogen (secondary N) is 2. The largest absolute Gasteiger partial charge is 0.361 e. The van der Waals surface area contributed by atoms with Gasteiger partial charge in [-0.05, 0) is 56.8 Å². The Hall–Kier alpha value is -2.01. The molecule has 0 saturated carbocycles. The Kier molecular flexibility index (Phi) is 4.42. The molecule has 2 fully saturated rings. The van der Waals surface area contributed by atoms with Gasteiger partial charge in [0.2, 0.25) is 0 Å². The number of likely N-dealkylation sites (tertiary alicyclic amines) is 1. The van der Waals surface area contributed by atoms with Crippen molar-refractivity contribution in [1.29, 1.82) is 0 Å². The quantitative estimate of drug-likeness (QED) is 0.903. The molecule has 0 spiro atoms. The predicted molar refractivity (Wildman–Crippen MR) is 101 cm³/mol. The van der Waals surface area contributed by atoms with Crippen LogP contribution in [0.3, 0.4) is 0 Å². The zero-order valence-corrected chi connectivity index (χ0v) is 15.2. The fourth-order valence-corrected chi connectivity index (χ4v) is 4.56. The highest BCUT2D eigenvalue weighted by molar-refractivity contribution is 5.86. The first kappa shape index (κ1) is 16.5. The molecule has 3 heterocycles. The van der Waals surface area contributed by atoms with E-state index in [2.05, 4.69) is 53.6 Å². The van der Waals surface area contributed by atoms with Crippen LogP contribution in [0.2, 0.25) is 0 Å². The molecular weight excluding hydrogens is 312 g/mol. The number of H-pyrrole nitrogens is 1. The van der Waals surface area contributed by atoms with Crippen LogP contribution in [0.15, 0.2) is 24.4 Å². The lowest BCUT2D eigenvalue weighted by molar-refractivity contribution is 0.188. The smallest absolute Gasteiger partial charge is 0.317 e. The van der Waals surface area contributed by atoms with E-state index >= 15 is 0 Å². The minimum absolute atomic E-state index is 0.0949. The number of rotatable bonds is 3. The molecule has 134 valence electrons. The molecule has 2 bridgehead atoms. The van der Waals surface area contributed by atoms with Crippen molar-refractivity contribution in [3.63, 3.8) is 0 Å². The number of benzene rings is 1. The lowest BCUT2D eigenvalue weighted by atomic mass is 10.1. The average Bonchev–Trinajstić information content (AvgIpc) is 3.09. The van der Waals surface area contributed by atoms with Gasteiger partial charge in [-0.3, -0.25) is 4.90 Å². The molecule has 0 unspecified atom stereocenters.